The lowest BCUT2D eigenvalue weighted by atomic mass is 10.2. The number of hydrogen-bond acceptors (Lipinski definition) is 2. The van der Waals surface area contributed by atoms with Gasteiger partial charge < -0.3 is 5.32 Å². The van der Waals surface area contributed by atoms with Crippen LogP contribution in [0.15, 0.2) is 54.6 Å². The molecule has 0 aliphatic rings. The van der Waals surface area contributed by atoms with E-state index in [0.717, 1.165) is 11.3 Å². The molecule has 3 nitrogen and oxygen atoms in total. The number of amides is 1. The van der Waals surface area contributed by atoms with E-state index in [1.165, 1.54) is 0 Å². The molecule has 0 saturated carbocycles. The number of nitrogens with one attached hydrogen (secondary N) is 1. The number of anilines is 1. The number of benzene rings is 2. The molecule has 0 aliphatic heterocycles. The predicted molar refractivity (Wildman–Crippen MR) is 87.9 cm³/mol. The summed E-state index contributed by atoms with van der Waals surface area (Å²) in [7, 11) is -1.08. The molecular weight excluding hydrogens is 306 g/mol. The Morgan fingerprint density at radius 3 is 2.57 bits per heavy atom. The number of carbonyl (C=O) groups is 1. The Hall–Kier alpha value is -1.65. The summed E-state index contributed by atoms with van der Waals surface area (Å²) in [5.41, 5.74) is 1.67. The molecule has 0 heterocycles. The second kappa shape index (κ2) is 7.96. The van der Waals surface area contributed by atoms with Crippen LogP contribution in [-0.2, 0) is 21.3 Å². The monoisotopic (exact) mass is 321 g/mol. The van der Waals surface area contributed by atoms with E-state index in [0.29, 0.717) is 16.5 Å². The highest BCUT2D eigenvalue weighted by Gasteiger charge is 2.07. The molecule has 0 radical (unpaired) electrons. The summed E-state index contributed by atoms with van der Waals surface area (Å²) in [6.45, 7) is 0. The van der Waals surface area contributed by atoms with Crippen LogP contribution in [0.3, 0.4) is 0 Å². The van der Waals surface area contributed by atoms with E-state index in [1.807, 2.05) is 42.5 Å². The minimum Gasteiger partial charge on any atom is -0.326 e. The molecule has 1 unspecified atom stereocenters. The standard InChI is InChI=1S/C16H16ClNO2S/c17-14-6-4-5-13(11-14)12-21(20)10-9-16(19)18-15-7-2-1-3-8-15/h1-8,11H,9-10,12H2,(H,18,19). The molecule has 21 heavy (non-hydrogen) atoms. The van der Waals surface area contributed by atoms with Crippen LogP contribution in [0, 0.1) is 0 Å². The molecule has 110 valence electrons. The number of rotatable bonds is 6. The summed E-state index contributed by atoms with van der Waals surface area (Å²) >= 11 is 5.88. The van der Waals surface area contributed by atoms with E-state index in [9.17, 15) is 9.00 Å². The topological polar surface area (TPSA) is 46.2 Å². The van der Waals surface area contributed by atoms with Crippen LogP contribution in [0.1, 0.15) is 12.0 Å². The average molecular weight is 322 g/mol. The third kappa shape index (κ3) is 5.69. The third-order valence-electron chi connectivity index (χ3n) is 2.83. The van der Waals surface area contributed by atoms with Gasteiger partial charge in [-0.1, -0.05) is 41.9 Å². The van der Waals surface area contributed by atoms with Crippen LogP contribution < -0.4 is 5.32 Å². The minimum atomic E-state index is -1.08. The highest BCUT2D eigenvalue weighted by Crippen LogP contribution is 2.13. The van der Waals surface area contributed by atoms with Crippen LogP contribution in [-0.4, -0.2) is 15.9 Å². The zero-order valence-corrected chi connectivity index (χ0v) is 13.0. The van der Waals surface area contributed by atoms with E-state index in [2.05, 4.69) is 5.32 Å². The van der Waals surface area contributed by atoms with Crippen molar-refractivity contribution < 1.29 is 9.00 Å². The zero-order valence-electron chi connectivity index (χ0n) is 11.4. The summed E-state index contributed by atoms with van der Waals surface area (Å²) in [5, 5.41) is 3.41. The fourth-order valence-electron chi connectivity index (χ4n) is 1.84. The fourth-order valence-corrected chi connectivity index (χ4v) is 3.16. The molecule has 0 aliphatic carbocycles. The lowest BCUT2D eigenvalue weighted by Crippen LogP contribution is -2.15. The van der Waals surface area contributed by atoms with Crippen molar-refractivity contribution in [1.82, 2.24) is 0 Å². The first kappa shape index (κ1) is 15.7. The summed E-state index contributed by atoms with van der Waals surface area (Å²) < 4.78 is 12.0. The Bertz CT molecular complexity index is 631. The van der Waals surface area contributed by atoms with Crippen molar-refractivity contribution in [2.24, 2.45) is 0 Å². The first-order valence-corrected chi connectivity index (χ1v) is 8.44. The van der Waals surface area contributed by atoms with Crippen molar-refractivity contribution in [3.8, 4) is 0 Å². The van der Waals surface area contributed by atoms with Gasteiger partial charge in [0, 0.05) is 39.4 Å². The molecule has 0 saturated heterocycles. The van der Waals surface area contributed by atoms with Gasteiger partial charge in [0.15, 0.2) is 0 Å². The predicted octanol–water partition coefficient (Wildman–Crippen LogP) is 3.62. The maximum atomic E-state index is 12.0. The number of carbonyl (C=O) groups excluding carboxylic acids is 1. The molecule has 2 aromatic rings. The molecule has 0 spiro atoms. The summed E-state index contributed by atoms with van der Waals surface area (Å²) in [6.07, 6.45) is 0.238. The normalized spacial score (nSPS) is 11.9. The van der Waals surface area contributed by atoms with Gasteiger partial charge in [-0.15, -0.1) is 0 Å². The second-order valence-corrected chi connectivity index (χ2v) is 6.60. The number of hydrogen-bond donors (Lipinski definition) is 1. The maximum Gasteiger partial charge on any atom is 0.225 e. The Kier molecular flexibility index (Phi) is 5.96. The van der Waals surface area contributed by atoms with Gasteiger partial charge in [-0.2, -0.15) is 0 Å². The number of para-hydroxylation sites is 1. The van der Waals surface area contributed by atoms with Gasteiger partial charge >= 0.3 is 0 Å². The Morgan fingerprint density at radius 1 is 1.10 bits per heavy atom. The van der Waals surface area contributed by atoms with Crippen LogP contribution in [0.5, 0.6) is 0 Å². The smallest absolute Gasteiger partial charge is 0.225 e. The highest BCUT2D eigenvalue weighted by atomic mass is 35.5. The summed E-state index contributed by atoms with van der Waals surface area (Å²) in [4.78, 5) is 11.8. The molecular formula is C16H16ClNO2S. The quantitative estimate of drug-likeness (QED) is 0.883. The zero-order chi connectivity index (χ0) is 15.1. The van der Waals surface area contributed by atoms with E-state index in [-0.39, 0.29) is 12.3 Å². The van der Waals surface area contributed by atoms with E-state index >= 15 is 0 Å². The van der Waals surface area contributed by atoms with Gasteiger partial charge in [-0.25, -0.2) is 0 Å². The lowest BCUT2D eigenvalue weighted by Gasteiger charge is -2.05. The van der Waals surface area contributed by atoms with Crippen molar-refractivity contribution in [1.29, 1.82) is 0 Å². The van der Waals surface area contributed by atoms with E-state index < -0.39 is 10.8 Å². The van der Waals surface area contributed by atoms with Crippen molar-refractivity contribution in [2.75, 3.05) is 11.1 Å². The first-order valence-electron chi connectivity index (χ1n) is 6.58. The SMILES string of the molecule is O=C(CCS(=O)Cc1cccc(Cl)c1)Nc1ccccc1. The molecule has 1 atom stereocenters. The largest absolute Gasteiger partial charge is 0.326 e. The molecule has 2 rings (SSSR count). The fraction of sp³-hybridized carbons (Fsp3) is 0.188. The van der Waals surface area contributed by atoms with Crippen molar-refractivity contribution in [3.63, 3.8) is 0 Å². The molecule has 5 heteroatoms. The van der Waals surface area contributed by atoms with Crippen LogP contribution in [0.25, 0.3) is 0 Å². The van der Waals surface area contributed by atoms with Gasteiger partial charge in [-0.3, -0.25) is 9.00 Å². The van der Waals surface area contributed by atoms with Crippen LogP contribution >= 0.6 is 11.6 Å². The number of halogens is 1. The van der Waals surface area contributed by atoms with Crippen molar-refractivity contribution >= 4 is 34.0 Å². The Labute approximate surface area is 131 Å². The lowest BCUT2D eigenvalue weighted by molar-refractivity contribution is -0.115. The third-order valence-corrected chi connectivity index (χ3v) is 4.38. The maximum absolute atomic E-state index is 12.0. The summed E-state index contributed by atoms with van der Waals surface area (Å²) in [6, 6.07) is 16.5. The van der Waals surface area contributed by atoms with E-state index in [1.54, 1.807) is 12.1 Å². The van der Waals surface area contributed by atoms with Crippen molar-refractivity contribution in [2.45, 2.75) is 12.2 Å². The molecule has 0 bridgehead atoms. The van der Waals surface area contributed by atoms with Crippen LogP contribution in [0.4, 0.5) is 5.69 Å². The van der Waals surface area contributed by atoms with E-state index in [4.69, 9.17) is 11.6 Å². The van der Waals surface area contributed by atoms with Gasteiger partial charge in [0.05, 0.1) is 0 Å². The van der Waals surface area contributed by atoms with Gasteiger partial charge in [0.2, 0.25) is 5.91 Å². The second-order valence-electron chi connectivity index (χ2n) is 4.58. The van der Waals surface area contributed by atoms with Crippen LogP contribution in [0.2, 0.25) is 5.02 Å². The Balaban J connectivity index is 1.77. The molecule has 2 aromatic carbocycles. The minimum absolute atomic E-state index is 0.124. The molecule has 1 amide bonds. The molecule has 1 N–H and O–H groups in total. The highest BCUT2D eigenvalue weighted by molar-refractivity contribution is 7.84. The van der Waals surface area contributed by atoms with Gasteiger partial charge in [0.1, 0.15) is 0 Å². The average Bonchev–Trinajstić information content (AvgIpc) is 2.46. The molecule has 0 aromatic heterocycles. The summed E-state index contributed by atoms with van der Waals surface area (Å²) in [5.74, 6) is 0.630. The first-order chi connectivity index (χ1) is 10.1. The van der Waals surface area contributed by atoms with Crippen molar-refractivity contribution in [3.05, 3.63) is 65.2 Å². The van der Waals surface area contributed by atoms with Gasteiger partial charge in [0.25, 0.3) is 0 Å². The Morgan fingerprint density at radius 2 is 1.86 bits per heavy atom. The van der Waals surface area contributed by atoms with Gasteiger partial charge in [-0.05, 0) is 29.8 Å². The molecule has 0 fully saturated rings.